The number of hydrogen-bond acceptors (Lipinski definition) is 4. The van der Waals surface area contributed by atoms with Crippen LogP contribution in [0.4, 0.5) is 0 Å². The average Bonchev–Trinajstić information content (AvgIpc) is 2.47. The minimum atomic E-state index is -0.327. The lowest BCUT2D eigenvalue weighted by Crippen LogP contribution is -2.50. The second-order valence-corrected chi connectivity index (χ2v) is 6.94. The number of nitrogens with zero attached hydrogens (tertiary/aromatic N) is 2. The van der Waals surface area contributed by atoms with Crippen LogP contribution in [0.5, 0.6) is 0 Å². The molecule has 2 fully saturated rings. The molecule has 21 heavy (non-hydrogen) atoms. The molecule has 5 nitrogen and oxygen atoms in total. The SMILES string of the molecule is CC(C)C[C@H](N)C(=O)N1CCCC(CN2CCOCC2)C1. The zero-order valence-corrected chi connectivity index (χ0v) is 13.6. The van der Waals surface area contributed by atoms with Gasteiger partial charge in [-0.15, -0.1) is 0 Å². The van der Waals surface area contributed by atoms with E-state index < -0.39 is 0 Å². The maximum Gasteiger partial charge on any atom is 0.239 e. The Balaban J connectivity index is 1.80. The Morgan fingerprint density at radius 1 is 1.29 bits per heavy atom. The summed E-state index contributed by atoms with van der Waals surface area (Å²) in [4.78, 5) is 16.9. The van der Waals surface area contributed by atoms with Crippen molar-refractivity contribution >= 4 is 5.91 Å². The van der Waals surface area contributed by atoms with E-state index in [4.69, 9.17) is 10.5 Å². The number of carbonyl (C=O) groups is 1. The summed E-state index contributed by atoms with van der Waals surface area (Å²) in [6.45, 7) is 10.8. The van der Waals surface area contributed by atoms with Gasteiger partial charge >= 0.3 is 0 Å². The molecule has 2 atom stereocenters. The molecular formula is C16H31N3O2. The third kappa shape index (κ3) is 5.24. The van der Waals surface area contributed by atoms with Gasteiger partial charge in [0.15, 0.2) is 0 Å². The predicted octanol–water partition coefficient (Wildman–Crippen LogP) is 0.931. The number of nitrogens with two attached hydrogens (primary N) is 1. The number of hydrogen-bond donors (Lipinski definition) is 1. The lowest BCUT2D eigenvalue weighted by atomic mass is 9.95. The van der Waals surface area contributed by atoms with Crippen molar-refractivity contribution in [1.29, 1.82) is 0 Å². The molecule has 0 aromatic heterocycles. The fourth-order valence-electron chi connectivity index (χ4n) is 3.41. The van der Waals surface area contributed by atoms with Crippen LogP contribution in [-0.2, 0) is 9.53 Å². The maximum absolute atomic E-state index is 12.4. The molecule has 5 heteroatoms. The second kappa shape index (κ2) is 8.11. The normalized spacial score (nSPS) is 26.1. The van der Waals surface area contributed by atoms with E-state index in [2.05, 4.69) is 18.7 Å². The Hall–Kier alpha value is -0.650. The Bertz CT molecular complexity index is 329. The summed E-state index contributed by atoms with van der Waals surface area (Å²) in [6, 6.07) is -0.327. The van der Waals surface area contributed by atoms with Crippen LogP contribution in [0.2, 0.25) is 0 Å². The first-order chi connectivity index (χ1) is 10.1. The van der Waals surface area contributed by atoms with E-state index in [0.717, 1.165) is 58.8 Å². The molecule has 2 N–H and O–H groups in total. The van der Waals surface area contributed by atoms with Crippen molar-refractivity contribution in [3.05, 3.63) is 0 Å². The van der Waals surface area contributed by atoms with E-state index in [-0.39, 0.29) is 11.9 Å². The summed E-state index contributed by atoms with van der Waals surface area (Å²) in [5, 5.41) is 0. The monoisotopic (exact) mass is 297 g/mol. The summed E-state index contributed by atoms with van der Waals surface area (Å²) in [7, 11) is 0. The number of rotatable bonds is 5. The highest BCUT2D eigenvalue weighted by molar-refractivity contribution is 5.81. The van der Waals surface area contributed by atoms with Gasteiger partial charge in [0.1, 0.15) is 0 Å². The number of carbonyl (C=O) groups excluding carboxylic acids is 1. The molecule has 1 unspecified atom stereocenters. The van der Waals surface area contributed by atoms with E-state index in [9.17, 15) is 4.79 Å². The van der Waals surface area contributed by atoms with Crippen molar-refractivity contribution in [1.82, 2.24) is 9.80 Å². The molecule has 2 saturated heterocycles. The van der Waals surface area contributed by atoms with Gasteiger partial charge in [-0.25, -0.2) is 0 Å². The number of ether oxygens (including phenoxy) is 1. The van der Waals surface area contributed by atoms with Gasteiger partial charge < -0.3 is 15.4 Å². The van der Waals surface area contributed by atoms with Crippen molar-refractivity contribution < 1.29 is 9.53 Å². The van der Waals surface area contributed by atoms with Crippen LogP contribution in [0.15, 0.2) is 0 Å². The largest absolute Gasteiger partial charge is 0.379 e. The van der Waals surface area contributed by atoms with Crippen LogP contribution in [0.25, 0.3) is 0 Å². The van der Waals surface area contributed by atoms with Gasteiger partial charge in [0.05, 0.1) is 19.3 Å². The van der Waals surface area contributed by atoms with E-state index in [1.165, 1.54) is 6.42 Å². The van der Waals surface area contributed by atoms with Gasteiger partial charge in [-0.2, -0.15) is 0 Å². The van der Waals surface area contributed by atoms with E-state index in [1.807, 2.05) is 4.90 Å². The Morgan fingerprint density at radius 3 is 2.67 bits per heavy atom. The maximum atomic E-state index is 12.4. The highest BCUT2D eigenvalue weighted by Gasteiger charge is 2.28. The van der Waals surface area contributed by atoms with Gasteiger partial charge in [-0.05, 0) is 31.1 Å². The molecule has 0 aliphatic carbocycles. The highest BCUT2D eigenvalue weighted by atomic mass is 16.5. The molecule has 122 valence electrons. The van der Waals surface area contributed by atoms with Gasteiger partial charge in [0, 0.05) is 32.7 Å². The molecule has 0 aromatic rings. The minimum Gasteiger partial charge on any atom is -0.379 e. The first kappa shape index (κ1) is 16.7. The minimum absolute atomic E-state index is 0.148. The highest BCUT2D eigenvalue weighted by Crippen LogP contribution is 2.19. The van der Waals surface area contributed by atoms with Crippen LogP contribution in [0.3, 0.4) is 0 Å². The molecule has 2 aliphatic heterocycles. The Kier molecular flexibility index (Phi) is 6.45. The van der Waals surface area contributed by atoms with Crippen LogP contribution in [0.1, 0.15) is 33.1 Å². The summed E-state index contributed by atoms with van der Waals surface area (Å²) in [5.74, 6) is 1.21. The molecule has 0 radical (unpaired) electrons. The molecule has 0 spiro atoms. The van der Waals surface area contributed by atoms with E-state index in [1.54, 1.807) is 0 Å². The molecule has 2 aliphatic rings. The molecule has 2 heterocycles. The number of amides is 1. The number of piperidine rings is 1. The molecule has 2 rings (SSSR count). The zero-order valence-electron chi connectivity index (χ0n) is 13.6. The first-order valence-corrected chi connectivity index (χ1v) is 8.40. The van der Waals surface area contributed by atoms with Crippen LogP contribution < -0.4 is 5.73 Å². The summed E-state index contributed by atoms with van der Waals surface area (Å²) in [5.41, 5.74) is 6.06. The van der Waals surface area contributed by atoms with Crippen LogP contribution in [0, 0.1) is 11.8 Å². The third-order valence-electron chi connectivity index (χ3n) is 4.49. The first-order valence-electron chi connectivity index (χ1n) is 8.40. The topological polar surface area (TPSA) is 58.8 Å². The van der Waals surface area contributed by atoms with E-state index in [0.29, 0.717) is 11.8 Å². The van der Waals surface area contributed by atoms with Crippen molar-refractivity contribution in [2.24, 2.45) is 17.6 Å². The molecule has 0 saturated carbocycles. The second-order valence-electron chi connectivity index (χ2n) is 6.94. The van der Waals surface area contributed by atoms with Gasteiger partial charge in [-0.1, -0.05) is 13.8 Å². The summed E-state index contributed by atoms with van der Waals surface area (Å²) >= 11 is 0. The van der Waals surface area contributed by atoms with Gasteiger partial charge in [0.2, 0.25) is 5.91 Å². The molecule has 0 aromatic carbocycles. The predicted molar refractivity (Wildman–Crippen MR) is 84.0 cm³/mol. The molecular weight excluding hydrogens is 266 g/mol. The van der Waals surface area contributed by atoms with Crippen molar-refractivity contribution in [2.75, 3.05) is 45.9 Å². The lowest BCUT2D eigenvalue weighted by molar-refractivity contribution is -0.135. The number of likely N-dealkylation sites (tertiary alicyclic amines) is 1. The van der Waals surface area contributed by atoms with Crippen molar-refractivity contribution in [3.63, 3.8) is 0 Å². The molecule has 1 amide bonds. The fourth-order valence-corrected chi connectivity index (χ4v) is 3.41. The zero-order chi connectivity index (χ0) is 15.2. The third-order valence-corrected chi connectivity index (χ3v) is 4.49. The Labute approximate surface area is 128 Å². The van der Waals surface area contributed by atoms with E-state index >= 15 is 0 Å². The smallest absolute Gasteiger partial charge is 0.239 e. The fraction of sp³-hybridized carbons (Fsp3) is 0.938. The number of morpholine rings is 1. The van der Waals surface area contributed by atoms with Gasteiger partial charge in [0.25, 0.3) is 0 Å². The Morgan fingerprint density at radius 2 is 2.00 bits per heavy atom. The average molecular weight is 297 g/mol. The molecule has 0 bridgehead atoms. The van der Waals surface area contributed by atoms with Crippen LogP contribution in [-0.4, -0.2) is 67.7 Å². The standard InChI is InChI=1S/C16H31N3O2/c1-13(2)10-15(17)16(20)19-5-3-4-14(12-19)11-18-6-8-21-9-7-18/h13-15H,3-12,17H2,1-2H3/t14?,15-/m0/s1. The quantitative estimate of drug-likeness (QED) is 0.820. The van der Waals surface area contributed by atoms with Crippen molar-refractivity contribution in [3.8, 4) is 0 Å². The summed E-state index contributed by atoms with van der Waals surface area (Å²) < 4.78 is 5.39. The summed E-state index contributed by atoms with van der Waals surface area (Å²) in [6.07, 6.45) is 3.11. The van der Waals surface area contributed by atoms with Gasteiger partial charge in [-0.3, -0.25) is 9.69 Å². The van der Waals surface area contributed by atoms with Crippen molar-refractivity contribution in [2.45, 2.75) is 39.2 Å². The lowest BCUT2D eigenvalue weighted by Gasteiger charge is -2.37. The van der Waals surface area contributed by atoms with Crippen LogP contribution >= 0.6 is 0 Å².